The second-order valence-electron chi connectivity index (χ2n) is 7.89. The van der Waals surface area contributed by atoms with Crippen LogP contribution in [0.3, 0.4) is 0 Å². The first-order valence-electron chi connectivity index (χ1n) is 10.0. The van der Waals surface area contributed by atoms with E-state index >= 15 is 0 Å². The molecule has 0 spiro atoms. The summed E-state index contributed by atoms with van der Waals surface area (Å²) in [6, 6.07) is 11.8. The largest absolute Gasteiger partial charge is 0.511 e. The van der Waals surface area contributed by atoms with Crippen molar-refractivity contribution in [2.24, 2.45) is 0 Å². The van der Waals surface area contributed by atoms with Crippen molar-refractivity contribution in [3.05, 3.63) is 65.5 Å². The summed E-state index contributed by atoms with van der Waals surface area (Å²) in [5, 5.41) is 14.4. The van der Waals surface area contributed by atoms with Crippen molar-refractivity contribution in [2.75, 3.05) is 13.4 Å². The fraction of sp³-hybridized carbons (Fsp3) is 0.375. The third kappa shape index (κ3) is 6.22. The maximum Gasteiger partial charge on any atom is 0.511 e. The molecular weight excluding hydrogens is 394 g/mol. The van der Waals surface area contributed by atoms with Crippen LogP contribution in [-0.2, 0) is 26.2 Å². The van der Waals surface area contributed by atoms with Crippen molar-refractivity contribution in [2.45, 2.75) is 46.6 Å². The Hall–Kier alpha value is -3.53. The summed E-state index contributed by atoms with van der Waals surface area (Å²) < 4.78 is 17.3. The topological polar surface area (TPSA) is 86.4 Å². The minimum absolute atomic E-state index is 0.00797. The number of nitriles is 1. The number of hydrogen-bond acceptors (Lipinski definition) is 6. The van der Waals surface area contributed by atoms with Crippen molar-refractivity contribution in [3.8, 4) is 6.07 Å². The molecule has 7 heteroatoms. The summed E-state index contributed by atoms with van der Waals surface area (Å²) in [6.45, 7) is 13.9. The van der Waals surface area contributed by atoms with E-state index in [1.807, 2.05) is 44.2 Å². The molecule has 1 aromatic carbocycles. The Balaban J connectivity index is 2.45. The Morgan fingerprint density at radius 2 is 1.90 bits per heavy atom. The van der Waals surface area contributed by atoms with Crippen molar-refractivity contribution < 1.29 is 19.0 Å². The van der Waals surface area contributed by atoms with Crippen LogP contribution in [0.2, 0.25) is 0 Å². The highest BCUT2D eigenvalue weighted by Gasteiger charge is 2.20. The molecule has 0 bridgehead atoms. The summed E-state index contributed by atoms with van der Waals surface area (Å²) in [4.78, 5) is 11.6. The molecule has 0 saturated heterocycles. The first kappa shape index (κ1) is 23.7. The molecule has 1 heterocycles. The van der Waals surface area contributed by atoms with Crippen LogP contribution in [0.5, 0.6) is 0 Å². The second-order valence-corrected chi connectivity index (χ2v) is 7.89. The van der Waals surface area contributed by atoms with Gasteiger partial charge in [0.1, 0.15) is 23.9 Å². The molecule has 0 aliphatic heterocycles. The number of rotatable bonds is 8. The van der Waals surface area contributed by atoms with E-state index in [1.165, 1.54) is 6.08 Å². The molecule has 0 atom stereocenters. The van der Waals surface area contributed by atoms with E-state index in [4.69, 9.17) is 14.2 Å². The van der Waals surface area contributed by atoms with Gasteiger partial charge < -0.3 is 14.2 Å². The van der Waals surface area contributed by atoms with Gasteiger partial charge in [-0.15, -0.1) is 0 Å². The van der Waals surface area contributed by atoms with Gasteiger partial charge in [-0.3, -0.25) is 4.68 Å². The SMILES string of the molecule is C=CCOC(=O)OCO/C(=C(/C#N)c1ccc(C(C)(C)C)cc1)c1cc(C)nn1CC. The molecule has 7 nitrogen and oxygen atoms in total. The highest BCUT2D eigenvalue weighted by atomic mass is 16.8. The lowest BCUT2D eigenvalue weighted by atomic mass is 9.86. The summed E-state index contributed by atoms with van der Waals surface area (Å²) >= 11 is 0. The third-order valence-corrected chi connectivity index (χ3v) is 4.51. The molecule has 0 aliphatic carbocycles. The van der Waals surface area contributed by atoms with E-state index in [-0.39, 0.29) is 17.8 Å². The van der Waals surface area contributed by atoms with Gasteiger partial charge in [0, 0.05) is 6.54 Å². The van der Waals surface area contributed by atoms with Gasteiger partial charge in [-0.1, -0.05) is 57.7 Å². The van der Waals surface area contributed by atoms with Crippen molar-refractivity contribution in [1.82, 2.24) is 9.78 Å². The normalized spacial score (nSPS) is 11.9. The zero-order chi connectivity index (χ0) is 23.0. The van der Waals surface area contributed by atoms with E-state index in [1.54, 1.807) is 4.68 Å². The van der Waals surface area contributed by atoms with Gasteiger partial charge in [-0.05, 0) is 36.5 Å². The molecule has 0 radical (unpaired) electrons. The second kappa shape index (κ2) is 10.5. The number of nitrogens with zero attached hydrogens (tertiary/aromatic N) is 3. The van der Waals surface area contributed by atoms with Crippen LogP contribution in [0.25, 0.3) is 11.3 Å². The number of carbonyl (C=O) groups excluding carboxylic acids is 1. The fourth-order valence-corrected chi connectivity index (χ4v) is 2.93. The van der Waals surface area contributed by atoms with E-state index in [2.05, 4.69) is 38.5 Å². The zero-order valence-electron chi connectivity index (χ0n) is 18.8. The molecule has 0 unspecified atom stereocenters. The van der Waals surface area contributed by atoms with E-state index in [9.17, 15) is 10.1 Å². The Kier molecular flexibility index (Phi) is 8.03. The van der Waals surface area contributed by atoms with Crippen LogP contribution in [0.1, 0.15) is 50.2 Å². The predicted molar refractivity (Wildman–Crippen MR) is 119 cm³/mol. The number of carbonyl (C=O) groups is 1. The van der Waals surface area contributed by atoms with Crippen molar-refractivity contribution in [1.29, 1.82) is 5.26 Å². The maximum absolute atomic E-state index is 11.6. The number of hydrogen-bond donors (Lipinski definition) is 0. The minimum Gasteiger partial charge on any atom is -0.454 e. The van der Waals surface area contributed by atoms with Crippen LogP contribution in [0, 0.1) is 18.3 Å². The predicted octanol–water partition coefficient (Wildman–Crippen LogP) is 5.21. The summed E-state index contributed by atoms with van der Waals surface area (Å²) in [5.74, 6) is 0.282. The average molecular weight is 424 g/mol. The summed E-state index contributed by atoms with van der Waals surface area (Å²) in [6.07, 6.45) is 0.554. The first-order valence-corrected chi connectivity index (χ1v) is 10.0. The molecule has 0 amide bonds. The van der Waals surface area contributed by atoms with E-state index < -0.39 is 12.9 Å². The average Bonchev–Trinajstić information content (AvgIpc) is 3.11. The van der Waals surface area contributed by atoms with Crippen LogP contribution < -0.4 is 0 Å². The number of benzene rings is 1. The number of aryl methyl sites for hydroxylation is 2. The van der Waals surface area contributed by atoms with Gasteiger partial charge in [0.2, 0.25) is 6.79 Å². The van der Waals surface area contributed by atoms with Gasteiger partial charge in [-0.25, -0.2) is 4.79 Å². The third-order valence-electron chi connectivity index (χ3n) is 4.51. The van der Waals surface area contributed by atoms with Gasteiger partial charge in [0.05, 0.1) is 5.69 Å². The lowest BCUT2D eigenvalue weighted by Gasteiger charge is -2.19. The summed E-state index contributed by atoms with van der Waals surface area (Å²) in [7, 11) is 0. The molecular formula is C24H29N3O4. The van der Waals surface area contributed by atoms with Gasteiger partial charge in [0.25, 0.3) is 0 Å². The number of ether oxygens (including phenoxy) is 3. The Bertz CT molecular complexity index is 989. The molecule has 0 saturated carbocycles. The van der Waals surface area contributed by atoms with Gasteiger partial charge in [-0.2, -0.15) is 10.4 Å². The summed E-state index contributed by atoms with van der Waals surface area (Å²) in [5.41, 5.74) is 3.56. The highest BCUT2D eigenvalue weighted by molar-refractivity contribution is 5.94. The molecule has 0 N–H and O–H groups in total. The highest BCUT2D eigenvalue weighted by Crippen LogP contribution is 2.30. The standard InChI is InChI=1S/C24H29N3O4/c1-7-13-29-23(28)31-16-30-22(21-14-17(3)26-27(21)8-2)20(15-25)18-9-11-19(12-10-18)24(4,5)6/h7,9-12,14H,1,8,13,16H2,2-6H3/b22-20-. The molecule has 2 aromatic rings. The Morgan fingerprint density at radius 1 is 1.23 bits per heavy atom. The van der Waals surface area contributed by atoms with Crippen LogP contribution in [0.4, 0.5) is 4.79 Å². The van der Waals surface area contributed by atoms with Crippen LogP contribution in [-0.4, -0.2) is 29.3 Å². The molecule has 31 heavy (non-hydrogen) atoms. The maximum atomic E-state index is 11.6. The Labute approximate surface area is 183 Å². The van der Waals surface area contributed by atoms with Gasteiger partial charge in [0.15, 0.2) is 5.76 Å². The molecule has 0 fully saturated rings. The minimum atomic E-state index is -0.882. The fourth-order valence-electron chi connectivity index (χ4n) is 2.93. The van der Waals surface area contributed by atoms with Crippen molar-refractivity contribution >= 4 is 17.5 Å². The number of aromatic nitrogens is 2. The molecule has 164 valence electrons. The van der Waals surface area contributed by atoms with E-state index in [0.717, 1.165) is 11.3 Å². The zero-order valence-corrected chi connectivity index (χ0v) is 18.8. The lowest BCUT2D eigenvalue weighted by Crippen LogP contribution is -2.12. The quantitative estimate of drug-likeness (QED) is 0.190. The van der Waals surface area contributed by atoms with Crippen LogP contribution >= 0.6 is 0 Å². The van der Waals surface area contributed by atoms with E-state index in [0.29, 0.717) is 23.4 Å². The molecule has 1 aromatic heterocycles. The molecule has 2 rings (SSSR count). The van der Waals surface area contributed by atoms with Gasteiger partial charge >= 0.3 is 6.16 Å². The smallest absolute Gasteiger partial charge is 0.454 e. The lowest BCUT2D eigenvalue weighted by molar-refractivity contribution is -0.00152. The molecule has 0 aliphatic rings. The number of allylic oxidation sites excluding steroid dienone is 1. The monoisotopic (exact) mass is 423 g/mol. The van der Waals surface area contributed by atoms with Crippen LogP contribution in [0.15, 0.2) is 43.0 Å². The Morgan fingerprint density at radius 3 is 2.45 bits per heavy atom. The van der Waals surface area contributed by atoms with Crippen molar-refractivity contribution in [3.63, 3.8) is 0 Å². The first-order chi connectivity index (χ1) is 14.7.